The third-order valence-corrected chi connectivity index (χ3v) is 14.0. The number of rotatable bonds is 10. The third kappa shape index (κ3) is 10.2. The Kier molecular flexibility index (Phi) is 15.4. The van der Waals surface area contributed by atoms with Gasteiger partial charge < -0.3 is 34.5 Å². The third-order valence-electron chi connectivity index (χ3n) is 14.0. The molecule has 0 fully saturated rings. The molecule has 0 radical (unpaired) electrons. The van der Waals surface area contributed by atoms with Gasteiger partial charge in [0.25, 0.3) is 6.67 Å². The van der Waals surface area contributed by atoms with E-state index >= 15 is 0 Å². The van der Waals surface area contributed by atoms with Crippen molar-refractivity contribution in [2.75, 3.05) is 61.7 Å². The summed E-state index contributed by atoms with van der Waals surface area (Å²) in [5.74, 6) is 1.57. The van der Waals surface area contributed by atoms with Gasteiger partial charge in [-0.2, -0.15) is 25.1 Å². The summed E-state index contributed by atoms with van der Waals surface area (Å²) in [5.41, 5.74) is 19.2. The van der Waals surface area contributed by atoms with Crippen LogP contribution in [0.25, 0.3) is 62.5 Å². The number of aliphatic hydroxyl groups excluding tert-OH is 1. The molecular weight excluding hydrogens is 957 g/mol. The average Bonchev–Trinajstić information content (AvgIpc) is 4.18. The number of nitrogens with two attached hydrogens (primary N) is 1. The summed E-state index contributed by atoms with van der Waals surface area (Å²) in [5, 5.41) is 38.7. The van der Waals surface area contributed by atoms with Crippen molar-refractivity contribution in [3.8, 4) is 40.2 Å². The highest BCUT2D eigenvalue weighted by atomic mass is 16.5. The molecule has 0 amide bonds. The van der Waals surface area contributed by atoms with Gasteiger partial charge in [-0.3, -0.25) is 34.5 Å². The van der Waals surface area contributed by atoms with Crippen molar-refractivity contribution in [3.63, 3.8) is 0 Å². The quantitative estimate of drug-likeness (QED) is 0.129. The molecule has 9 rings (SSSR count). The fourth-order valence-electron chi connectivity index (χ4n) is 10.2. The SMILES string of the molecule is CCOc1nn(CCO)c2c1/C=C/c1nn(C[n+]3[nH]c(COC)c4c3O[C@@H](C)CN(C)CC(=NC)C(=C(/C)N)/C=C/c3[nH]nc5c(C)nc-4cc35)c3c(C)nc(cc13)-c1c(COC)nn(C)c1O[C@@H](C)[C@@H](C)N(C)C2. The summed E-state index contributed by atoms with van der Waals surface area (Å²) in [6, 6.07) is 4.01. The number of fused-ring (bicyclic) bond motifs is 7. The number of allylic oxidation sites excluding steroid dienone is 2. The van der Waals surface area contributed by atoms with Crippen LogP contribution >= 0.6 is 0 Å². The van der Waals surface area contributed by atoms with E-state index in [1.54, 1.807) is 25.9 Å². The zero-order valence-corrected chi connectivity index (χ0v) is 45.4. The van der Waals surface area contributed by atoms with E-state index in [9.17, 15) is 5.11 Å². The zero-order chi connectivity index (χ0) is 53.4. The van der Waals surface area contributed by atoms with Gasteiger partial charge in [-0.25, -0.2) is 4.68 Å². The maximum absolute atomic E-state index is 10.2. The first kappa shape index (κ1) is 52.6. The van der Waals surface area contributed by atoms with Crippen molar-refractivity contribution >= 4 is 45.7 Å². The van der Waals surface area contributed by atoms with Crippen LogP contribution in [-0.4, -0.2) is 155 Å². The highest BCUT2D eigenvalue weighted by molar-refractivity contribution is 6.05. The minimum absolute atomic E-state index is 0.0768. The Morgan fingerprint density at radius 1 is 0.920 bits per heavy atom. The maximum atomic E-state index is 10.2. The van der Waals surface area contributed by atoms with E-state index in [-0.39, 0.29) is 51.3 Å². The van der Waals surface area contributed by atoms with E-state index in [0.29, 0.717) is 72.4 Å². The molecule has 2 aliphatic heterocycles. The molecule has 9 heterocycles. The highest BCUT2D eigenvalue weighted by Crippen LogP contribution is 2.39. The maximum Gasteiger partial charge on any atom is 0.405 e. The molecule has 22 nitrogen and oxygen atoms in total. The molecular formula is C53H71N16O6+. The summed E-state index contributed by atoms with van der Waals surface area (Å²) < 4.78 is 39.4. The fraction of sp³-hybridized carbons (Fsp3) is 0.472. The number of hydrogen-bond acceptors (Lipinski definition) is 16. The first-order valence-corrected chi connectivity index (χ1v) is 25.3. The lowest BCUT2D eigenvalue weighted by Crippen LogP contribution is -2.43. The van der Waals surface area contributed by atoms with Crippen LogP contribution in [0.5, 0.6) is 17.6 Å². The number of aryl methyl sites for hydroxylation is 3. The van der Waals surface area contributed by atoms with Gasteiger partial charge in [0, 0.05) is 76.0 Å². The Morgan fingerprint density at radius 3 is 2.39 bits per heavy atom. The minimum Gasteiger partial charge on any atom is -0.476 e. The van der Waals surface area contributed by atoms with Crippen LogP contribution in [0, 0.1) is 13.8 Å². The second-order valence-corrected chi connectivity index (χ2v) is 19.5. The van der Waals surface area contributed by atoms with Crippen molar-refractivity contribution in [1.29, 1.82) is 0 Å². The number of aromatic amines is 2. The molecule has 4 bridgehead atoms. The number of hydrogen-bond donors (Lipinski definition) is 4. The Labute approximate surface area is 436 Å². The Bertz CT molecular complexity index is 3370. The first-order chi connectivity index (χ1) is 36.1. The molecule has 0 saturated carbocycles. The largest absolute Gasteiger partial charge is 0.476 e. The number of methoxy groups -OCH3 is 2. The summed E-state index contributed by atoms with van der Waals surface area (Å²) in [7, 11) is 11.1. The lowest BCUT2D eigenvalue weighted by molar-refractivity contribution is -0.759. The van der Waals surface area contributed by atoms with Crippen molar-refractivity contribution in [2.24, 2.45) is 17.8 Å². The lowest BCUT2D eigenvalue weighted by atomic mass is 10.0. The number of ether oxygens (including phenoxy) is 5. The van der Waals surface area contributed by atoms with Gasteiger partial charge in [0.1, 0.15) is 34.7 Å². The average molecular weight is 1030 g/mol. The predicted octanol–water partition coefficient (Wildman–Crippen LogP) is 5.19. The van der Waals surface area contributed by atoms with E-state index in [1.807, 2.05) is 86.2 Å². The second kappa shape index (κ2) is 21.9. The van der Waals surface area contributed by atoms with Crippen molar-refractivity contribution in [2.45, 2.75) is 99.7 Å². The monoisotopic (exact) mass is 1030 g/mol. The topological polar surface area (TPSA) is 239 Å². The van der Waals surface area contributed by atoms with E-state index < -0.39 is 0 Å². The molecule has 7 aromatic rings. The molecule has 7 aromatic heterocycles. The molecule has 0 spiro atoms. The number of likely N-dealkylation sites (N-methyl/N-ethyl adjacent to an activating group) is 2. The summed E-state index contributed by atoms with van der Waals surface area (Å²) in [6.07, 6.45) is 7.37. The summed E-state index contributed by atoms with van der Waals surface area (Å²) in [4.78, 5) is 19.6. The van der Waals surface area contributed by atoms with Gasteiger partial charge in [0.2, 0.25) is 11.8 Å². The summed E-state index contributed by atoms with van der Waals surface area (Å²) in [6.45, 7) is 16.8. The lowest BCUT2D eigenvalue weighted by Gasteiger charge is -2.30. The van der Waals surface area contributed by atoms with Crippen LogP contribution < -0.4 is 24.6 Å². The number of aliphatic hydroxyl groups is 1. The van der Waals surface area contributed by atoms with Crippen LogP contribution in [0.1, 0.15) is 80.0 Å². The smallest absolute Gasteiger partial charge is 0.405 e. The molecule has 398 valence electrons. The van der Waals surface area contributed by atoms with E-state index in [2.05, 4.69) is 53.9 Å². The van der Waals surface area contributed by atoms with Gasteiger partial charge in [-0.15, -0.1) is 5.10 Å². The number of aliphatic imine (C=N–C) groups is 1. The normalized spacial score (nSPS) is 20.0. The molecule has 2 aliphatic rings. The second-order valence-electron chi connectivity index (χ2n) is 19.5. The molecule has 0 aliphatic carbocycles. The van der Waals surface area contributed by atoms with Gasteiger partial charge in [0.15, 0.2) is 0 Å². The summed E-state index contributed by atoms with van der Waals surface area (Å²) >= 11 is 0. The van der Waals surface area contributed by atoms with Gasteiger partial charge in [-0.05, 0) is 99.0 Å². The van der Waals surface area contributed by atoms with Crippen LogP contribution in [0.4, 0.5) is 0 Å². The van der Waals surface area contributed by atoms with E-state index in [1.165, 1.54) is 0 Å². The molecule has 22 heteroatoms. The van der Waals surface area contributed by atoms with Gasteiger partial charge in [0.05, 0.1) is 95.2 Å². The van der Waals surface area contributed by atoms with Crippen molar-refractivity contribution < 1.29 is 33.5 Å². The van der Waals surface area contributed by atoms with Crippen LogP contribution in [-0.2, 0) is 49.5 Å². The Balaban J connectivity index is 1.28. The standard InChI is InChI=1S/C53H70N16O6/c1-14-73-51-36-16-18-40-38-22-42(47-44(26-71-12)60-66(11)52(47)75-34(7)33(6)65(10)25-46(36)67(63-51)19-20-70)57-32(5)50(38)68(61-40)28-69-53-48(45(62-69)27-72-13)41-21-37-39(58-59-49(37)31(4)56-41)17-15-35(30(3)54)43(55-8)24-64(9)23-29(2)74-53/h15-18,21-22,29,33-34,70H,14,19-20,23-28H2,1-13H3,(H3,54,55,56,57,58,59,61)/p+1/b18-16+/t29-,33+,34-/m0/s1. The van der Waals surface area contributed by atoms with Crippen molar-refractivity contribution in [1.82, 2.24) is 64.4 Å². The number of nitrogens with zero attached hydrogens (tertiary/aromatic N) is 13. The van der Waals surface area contributed by atoms with Crippen LogP contribution in [0.2, 0.25) is 0 Å². The number of H-pyrrole nitrogens is 2. The van der Waals surface area contributed by atoms with E-state index in [0.717, 1.165) is 78.3 Å². The molecule has 3 atom stereocenters. The number of aromatic nitrogens is 12. The predicted molar refractivity (Wildman–Crippen MR) is 287 cm³/mol. The molecule has 0 aromatic carbocycles. The molecule has 75 heavy (non-hydrogen) atoms. The fourth-order valence-corrected chi connectivity index (χ4v) is 10.2. The molecule has 0 saturated heterocycles. The minimum atomic E-state index is -0.334. The van der Waals surface area contributed by atoms with E-state index in [4.69, 9.17) is 64.8 Å². The van der Waals surface area contributed by atoms with Gasteiger partial charge in [-0.1, -0.05) is 4.68 Å². The molecule has 0 unspecified atom stereocenters. The first-order valence-electron chi connectivity index (χ1n) is 25.3. The Hall–Kier alpha value is -7.24. The zero-order valence-electron chi connectivity index (χ0n) is 45.4. The number of nitrogens with one attached hydrogen (secondary N) is 2. The number of pyridine rings is 2. The van der Waals surface area contributed by atoms with Crippen LogP contribution in [0.15, 0.2) is 34.5 Å². The van der Waals surface area contributed by atoms with Gasteiger partial charge >= 0.3 is 5.88 Å². The van der Waals surface area contributed by atoms with Crippen LogP contribution in [0.3, 0.4) is 0 Å². The molecule has 5 N–H and O–H groups in total. The Morgan fingerprint density at radius 2 is 1.67 bits per heavy atom. The van der Waals surface area contributed by atoms with Crippen molar-refractivity contribution in [3.05, 3.63) is 74.9 Å². The highest BCUT2D eigenvalue weighted by Gasteiger charge is 2.35.